The van der Waals surface area contributed by atoms with Crippen LogP contribution in [0.15, 0.2) is 51.4 Å². The van der Waals surface area contributed by atoms with E-state index in [1.165, 1.54) is 0 Å². The first kappa shape index (κ1) is 13.9. The van der Waals surface area contributed by atoms with Crippen molar-refractivity contribution in [3.63, 3.8) is 0 Å². The van der Waals surface area contributed by atoms with Crippen LogP contribution in [0.2, 0.25) is 0 Å². The minimum atomic E-state index is -0.493. The van der Waals surface area contributed by atoms with Gasteiger partial charge in [0.15, 0.2) is 0 Å². The molecule has 0 aliphatic heterocycles. The number of fused-ring (bicyclic) bond motifs is 1. The van der Waals surface area contributed by atoms with E-state index in [9.17, 15) is 4.79 Å². The van der Waals surface area contributed by atoms with Crippen LogP contribution in [0.4, 0.5) is 0 Å². The molecule has 3 rings (SSSR count). The lowest BCUT2D eigenvalue weighted by Crippen LogP contribution is -2.07. The molecule has 1 aromatic heterocycles. The van der Waals surface area contributed by atoms with Gasteiger partial charge in [-0.2, -0.15) is 0 Å². The molecule has 3 nitrogen and oxygen atoms in total. The summed E-state index contributed by atoms with van der Waals surface area (Å²) < 4.78 is 11.8. The largest absolute Gasteiger partial charge is 0.449 e. The summed E-state index contributed by atoms with van der Waals surface area (Å²) >= 11 is 3.39. The Labute approximate surface area is 130 Å². The fourth-order valence-electron chi connectivity index (χ4n) is 2.26. The zero-order chi connectivity index (χ0) is 15.0. The molecule has 21 heavy (non-hydrogen) atoms. The van der Waals surface area contributed by atoms with Crippen LogP contribution in [0.1, 0.15) is 21.7 Å². The van der Waals surface area contributed by atoms with Crippen molar-refractivity contribution in [3.05, 3.63) is 63.8 Å². The molecule has 2 aromatic carbocycles. The molecule has 106 valence electrons. The Kier molecular flexibility index (Phi) is 3.55. The van der Waals surface area contributed by atoms with Gasteiger partial charge in [-0.25, -0.2) is 4.79 Å². The molecule has 0 atom stereocenters. The van der Waals surface area contributed by atoms with Crippen molar-refractivity contribution in [2.45, 2.75) is 13.8 Å². The summed E-state index contributed by atoms with van der Waals surface area (Å²) in [6.07, 6.45) is 0. The Morgan fingerprint density at radius 2 is 1.76 bits per heavy atom. The maximum Gasteiger partial charge on any atom is 0.379 e. The van der Waals surface area contributed by atoms with E-state index in [4.69, 9.17) is 9.15 Å². The van der Waals surface area contributed by atoms with Gasteiger partial charge in [0, 0.05) is 9.86 Å². The van der Waals surface area contributed by atoms with Gasteiger partial charge in [-0.1, -0.05) is 22.0 Å². The van der Waals surface area contributed by atoms with Crippen LogP contribution in [-0.2, 0) is 0 Å². The third kappa shape index (κ3) is 3.00. The highest BCUT2D eigenvalue weighted by Gasteiger charge is 2.15. The Balaban J connectivity index is 1.89. The van der Waals surface area contributed by atoms with Crippen molar-refractivity contribution in [1.29, 1.82) is 0 Å². The summed E-state index contributed by atoms with van der Waals surface area (Å²) in [5, 5.41) is 0.858. The van der Waals surface area contributed by atoms with E-state index in [0.29, 0.717) is 11.3 Å². The average Bonchev–Trinajstić information content (AvgIpc) is 2.80. The van der Waals surface area contributed by atoms with Gasteiger partial charge in [0.2, 0.25) is 5.76 Å². The molecule has 0 radical (unpaired) electrons. The molecule has 0 N–H and O–H groups in total. The number of rotatable bonds is 2. The Morgan fingerprint density at radius 3 is 2.48 bits per heavy atom. The fraction of sp³-hybridized carbons (Fsp3) is 0.118. The van der Waals surface area contributed by atoms with Crippen LogP contribution >= 0.6 is 15.9 Å². The third-order valence-electron chi connectivity index (χ3n) is 3.09. The van der Waals surface area contributed by atoms with Crippen molar-refractivity contribution in [1.82, 2.24) is 0 Å². The van der Waals surface area contributed by atoms with Crippen LogP contribution in [0, 0.1) is 13.8 Å². The molecular formula is C17H13BrO3. The average molecular weight is 345 g/mol. The van der Waals surface area contributed by atoms with E-state index in [1.807, 2.05) is 50.2 Å². The monoisotopic (exact) mass is 344 g/mol. The number of ether oxygens (including phenoxy) is 1. The van der Waals surface area contributed by atoms with Gasteiger partial charge in [-0.3, -0.25) is 0 Å². The maximum absolute atomic E-state index is 12.2. The van der Waals surface area contributed by atoms with Crippen molar-refractivity contribution in [2.24, 2.45) is 0 Å². The molecule has 0 saturated carbocycles. The molecule has 0 fully saturated rings. The summed E-state index contributed by atoms with van der Waals surface area (Å²) in [6, 6.07) is 12.9. The number of carbonyl (C=O) groups excluding carboxylic acids is 1. The minimum absolute atomic E-state index is 0.197. The van der Waals surface area contributed by atoms with Crippen LogP contribution in [-0.4, -0.2) is 5.97 Å². The van der Waals surface area contributed by atoms with Gasteiger partial charge in [-0.15, -0.1) is 0 Å². The summed E-state index contributed by atoms with van der Waals surface area (Å²) in [4.78, 5) is 12.2. The second kappa shape index (κ2) is 5.37. The maximum atomic E-state index is 12.2. The van der Waals surface area contributed by atoms with E-state index in [2.05, 4.69) is 15.9 Å². The summed E-state index contributed by atoms with van der Waals surface area (Å²) in [5.74, 6) is 0.230. The number of hydrogen-bond donors (Lipinski definition) is 0. The normalized spacial score (nSPS) is 10.8. The van der Waals surface area contributed by atoms with E-state index < -0.39 is 5.97 Å². The van der Waals surface area contributed by atoms with Crippen LogP contribution in [0.3, 0.4) is 0 Å². The first-order valence-electron chi connectivity index (χ1n) is 6.51. The van der Waals surface area contributed by atoms with Gasteiger partial charge in [0.05, 0.1) is 0 Å². The Bertz CT molecular complexity index is 813. The lowest BCUT2D eigenvalue weighted by molar-refractivity contribution is 0.0704. The predicted octanol–water partition coefficient (Wildman–Crippen LogP) is 5.03. The van der Waals surface area contributed by atoms with Crippen molar-refractivity contribution >= 4 is 32.9 Å². The van der Waals surface area contributed by atoms with E-state index >= 15 is 0 Å². The molecule has 0 unspecified atom stereocenters. The molecule has 0 saturated heterocycles. The number of aryl methyl sites for hydroxylation is 2. The molecule has 3 aromatic rings. The standard InChI is InChI=1S/C17H13BrO3/c1-10-5-11(2)7-14(6-10)20-17(19)16-9-12-8-13(18)3-4-15(12)21-16/h3-9H,1-2H3. The molecule has 0 aliphatic rings. The number of benzene rings is 2. The van der Waals surface area contributed by atoms with E-state index in [-0.39, 0.29) is 5.76 Å². The summed E-state index contributed by atoms with van der Waals surface area (Å²) in [7, 11) is 0. The Hall–Kier alpha value is -2.07. The second-order valence-electron chi connectivity index (χ2n) is 5.01. The first-order chi connectivity index (χ1) is 10.0. The lowest BCUT2D eigenvalue weighted by Gasteiger charge is -2.04. The van der Waals surface area contributed by atoms with E-state index in [1.54, 1.807) is 6.07 Å². The van der Waals surface area contributed by atoms with Gasteiger partial charge >= 0.3 is 5.97 Å². The number of halogens is 1. The molecule has 0 bridgehead atoms. The quantitative estimate of drug-likeness (QED) is 0.483. The lowest BCUT2D eigenvalue weighted by atomic mass is 10.1. The molecule has 0 aliphatic carbocycles. The van der Waals surface area contributed by atoms with E-state index in [0.717, 1.165) is 21.0 Å². The molecule has 0 spiro atoms. The predicted molar refractivity (Wildman–Crippen MR) is 84.8 cm³/mol. The van der Waals surface area contributed by atoms with Crippen molar-refractivity contribution < 1.29 is 13.9 Å². The van der Waals surface area contributed by atoms with Gasteiger partial charge in [-0.05, 0) is 61.4 Å². The highest BCUT2D eigenvalue weighted by molar-refractivity contribution is 9.10. The summed E-state index contributed by atoms with van der Waals surface area (Å²) in [6.45, 7) is 3.92. The number of carbonyl (C=O) groups is 1. The number of furan rings is 1. The zero-order valence-corrected chi connectivity index (χ0v) is 13.2. The zero-order valence-electron chi connectivity index (χ0n) is 11.6. The Morgan fingerprint density at radius 1 is 1.05 bits per heavy atom. The third-order valence-corrected chi connectivity index (χ3v) is 3.58. The fourth-order valence-corrected chi connectivity index (χ4v) is 2.64. The van der Waals surface area contributed by atoms with Crippen molar-refractivity contribution in [3.8, 4) is 5.75 Å². The molecule has 1 heterocycles. The smallest absolute Gasteiger partial charge is 0.379 e. The molecule has 0 amide bonds. The molecular weight excluding hydrogens is 332 g/mol. The van der Waals surface area contributed by atoms with Gasteiger partial charge < -0.3 is 9.15 Å². The van der Waals surface area contributed by atoms with Crippen LogP contribution < -0.4 is 4.74 Å². The van der Waals surface area contributed by atoms with Crippen LogP contribution in [0.25, 0.3) is 11.0 Å². The molecule has 4 heteroatoms. The number of hydrogen-bond acceptors (Lipinski definition) is 3. The minimum Gasteiger partial charge on any atom is -0.449 e. The number of esters is 1. The summed E-state index contributed by atoms with van der Waals surface area (Å²) in [5.41, 5.74) is 2.75. The van der Waals surface area contributed by atoms with Gasteiger partial charge in [0.1, 0.15) is 11.3 Å². The SMILES string of the molecule is Cc1cc(C)cc(OC(=O)c2cc3cc(Br)ccc3o2)c1. The van der Waals surface area contributed by atoms with Crippen molar-refractivity contribution in [2.75, 3.05) is 0 Å². The highest BCUT2D eigenvalue weighted by Crippen LogP contribution is 2.24. The second-order valence-corrected chi connectivity index (χ2v) is 5.92. The topological polar surface area (TPSA) is 39.4 Å². The van der Waals surface area contributed by atoms with Crippen LogP contribution in [0.5, 0.6) is 5.75 Å². The highest BCUT2D eigenvalue weighted by atomic mass is 79.9. The van der Waals surface area contributed by atoms with Gasteiger partial charge in [0.25, 0.3) is 0 Å². The first-order valence-corrected chi connectivity index (χ1v) is 7.30.